The second-order valence-corrected chi connectivity index (χ2v) is 6.11. The molecule has 0 unspecified atom stereocenters. The number of halogens is 1. The molecule has 2 aromatic carbocycles. The molecule has 0 aliphatic carbocycles. The van der Waals surface area contributed by atoms with Crippen molar-refractivity contribution in [1.82, 2.24) is 10.2 Å². The fourth-order valence-electron chi connectivity index (χ4n) is 2.86. The van der Waals surface area contributed by atoms with Crippen LogP contribution in [0, 0.1) is 5.82 Å². The molecule has 1 aliphatic heterocycles. The Morgan fingerprint density at radius 3 is 2.50 bits per heavy atom. The first-order chi connectivity index (χ1) is 12.3. The molecule has 1 aliphatic rings. The van der Waals surface area contributed by atoms with Crippen LogP contribution in [-0.4, -0.2) is 36.3 Å². The molecular weight excluding hydrogens is 339 g/mol. The number of ketones is 1. The Labute approximate surface area is 149 Å². The number of Topliss-reactive ketones (excluding diaryl/α,β-unsaturated/α-hetero) is 1. The van der Waals surface area contributed by atoms with E-state index in [2.05, 4.69) is 5.32 Å². The van der Waals surface area contributed by atoms with Crippen LogP contribution in [0.5, 0.6) is 5.75 Å². The summed E-state index contributed by atoms with van der Waals surface area (Å²) < 4.78 is 18.4. The highest BCUT2D eigenvalue weighted by atomic mass is 19.1. The van der Waals surface area contributed by atoms with Crippen molar-refractivity contribution in [3.05, 3.63) is 65.5 Å². The van der Waals surface area contributed by atoms with Crippen LogP contribution in [0.2, 0.25) is 0 Å². The highest BCUT2D eigenvalue weighted by molar-refractivity contribution is 6.11. The zero-order valence-electron chi connectivity index (χ0n) is 14.3. The van der Waals surface area contributed by atoms with E-state index < -0.39 is 35.6 Å². The van der Waals surface area contributed by atoms with E-state index in [-0.39, 0.29) is 5.56 Å². The maximum absolute atomic E-state index is 13.3. The molecule has 0 spiro atoms. The number of nitrogens with one attached hydrogen (secondary N) is 1. The van der Waals surface area contributed by atoms with Crippen LogP contribution in [0.1, 0.15) is 22.8 Å². The minimum atomic E-state index is -1.29. The molecule has 1 atom stereocenters. The Hall–Kier alpha value is -3.22. The van der Waals surface area contributed by atoms with E-state index in [1.807, 2.05) is 0 Å². The summed E-state index contributed by atoms with van der Waals surface area (Å²) >= 11 is 0. The van der Waals surface area contributed by atoms with Gasteiger partial charge in [0.25, 0.3) is 5.91 Å². The summed E-state index contributed by atoms with van der Waals surface area (Å²) in [6, 6.07) is 11.2. The van der Waals surface area contributed by atoms with Crippen molar-refractivity contribution in [2.24, 2.45) is 0 Å². The standard InChI is InChI=1S/C19H17FN2O4/c1-19(13-6-8-15(26-2)9-7-13)17(24)22(18(25)21-19)11-16(23)12-4-3-5-14(20)10-12/h3-10H,11H2,1-2H3,(H,21,25)/t19-/m0/s1. The normalized spacial score (nSPS) is 19.4. The summed E-state index contributed by atoms with van der Waals surface area (Å²) in [4.78, 5) is 38.2. The lowest BCUT2D eigenvalue weighted by atomic mass is 9.92. The molecule has 0 radical (unpaired) electrons. The Bertz CT molecular complexity index is 881. The van der Waals surface area contributed by atoms with Gasteiger partial charge in [0.05, 0.1) is 13.7 Å². The van der Waals surface area contributed by atoms with Crippen LogP contribution in [0.15, 0.2) is 48.5 Å². The monoisotopic (exact) mass is 356 g/mol. The number of amides is 3. The minimum absolute atomic E-state index is 0.101. The zero-order chi connectivity index (χ0) is 18.9. The number of urea groups is 1. The zero-order valence-corrected chi connectivity index (χ0v) is 14.3. The van der Waals surface area contributed by atoms with E-state index in [0.717, 1.165) is 11.0 Å². The van der Waals surface area contributed by atoms with Gasteiger partial charge < -0.3 is 10.1 Å². The molecule has 7 heteroatoms. The molecule has 134 valence electrons. The largest absolute Gasteiger partial charge is 0.497 e. The smallest absolute Gasteiger partial charge is 0.325 e. The van der Waals surface area contributed by atoms with Crippen LogP contribution in [0.25, 0.3) is 0 Å². The van der Waals surface area contributed by atoms with Crippen molar-refractivity contribution in [1.29, 1.82) is 0 Å². The number of ether oxygens (including phenoxy) is 1. The highest BCUT2D eigenvalue weighted by Crippen LogP contribution is 2.30. The van der Waals surface area contributed by atoms with Gasteiger partial charge in [0.15, 0.2) is 5.78 Å². The number of hydrogen-bond acceptors (Lipinski definition) is 4. The lowest BCUT2D eigenvalue weighted by Crippen LogP contribution is -2.41. The van der Waals surface area contributed by atoms with Crippen molar-refractivity contribution in [3.63, 3.8) is 0 Å². The average Bonchev–Trinajstić information content (AvgIpc) is 2.86. The molecule has 1 fully saturated rings. The molecular formula is C19H17FN2O4. The van der Waals surface area contributed by atoms with Crippen LogP contribution in [0.3, 0.4) is 0 Å². The van der Waals surface area contributed by atoms with Gasteiger partial charge in [-0.15, -0.1) is 0 Å². The maximum Gasteiger partial charge on any atom is 0.325 e. The maximum atomic E-state index is 13.3. The second-order valence-electron chi connectivity index (χ2n) is 6.11. The van der Waals surface area contributed by atoms with Gasteiger partial charge in [0.2, 0.25) is 0 Å². The van der Waals surface area contributed by atoms with Crippen molar-refractivity contribution >= 4 is 17.7 Å². The third-order valence-electron chi connectivity index (χ3n) is 4.39. The first kappa shape index (κ1) is 17.6. The number of imide groups is 1. The molecule has 6 nitrogen and oxygen atoms in total. The minimum Gasteiger partial charge on any atom is -0.497 e. The quantitative estimate of drug-likeness (QED) is 0.660. The van der Waals surface area contributed by atoms with Gasteiger partial charge in [-0.1, -0.05) is 24.3 Å². The van der Waals surface area contributed by atoms with Gasteiger partial charge in [0, 0.05) is 5.56 Å². The number of rotatable bonds is 5. The number of benzene rings is 2. The van der Waals surface area contributed by atoms with Crippen molar-refractivity contribution < 1.29 is 23.5 Å². The third kappa shape index (κ3) is 3.03. The second kappa shape index (κ2) is 6.59. The molecule has 0 aromatic heterocycles. The van der Waals surface area contributed by atoms with E-state index in [0.29, 0.717) is 11.3 Å². The molecule has 3 amide bonds. The lowest BCUT2D eigenvalue weighted by molar-refractivity contribution is -0.130. The predicted molar refractivity (Wildman–Crippen MR) is 91.3 cm³/mol. The van der Waals surface area contributed by atoms with Gasteiger partial charge in [-0.25, -0.2) is 9.18 Å². The van der Waals surface area contributed by atoms with Gasteiger partial charge in [-0.3, -0.25) is 14.5 Å². The summed E-state index contributed by atoms with van der Waals surface area (Å²) in [7, 11) is 1.53. The first-order valence-corrected chi connectivity index (χ1v) is 7.92. The fraction of sp³-hybridized carbons (Fsp3) is 0.211. The summed E-state index contributed by atoms with van der Waals surface area (Å²) in [6.07, 6.45) is 0. The number of carbonyl (C=O) groups excluding carboxylic acids is 3. The fourth-order valence-corrected chi connectivity index (χ4v) is 2.86. The predicted octanol–water partition coefficient (Wildman–Crippen LogP) is 2.48. The summed E-state index contributed by atoms with van der Waals surface area (Å²) in [6.45, 7) is 1.11. The molecule has 2 aromatic rings. The Kier molecular flexibility index (Phi) is 4.46. The SMILES string of the molecule is COc1ccc([C@]2(C)NC(=O)N(CC(=O)c3cccc(F)c3)C2=O)cc1. The van der Waals surface area contributed by atoms with E-state index >= 15 is 0 Å². The van der Waals surface area contributed by atoms with Crippen molar-refractivity contribution in [2.75, 3.05) is 13.7 Å². The van der Waals surface area contributed by atoms with Crippen molar-refractivity contribution in [3.8, 4) is 5.75 Å². The number of methoxy groups -OCH3 is 1. The molecule has 1 N–H and O–H groups in total. The number of hydrogen-bond donors (Lipinski definition) is 1. The summed E-state index contributed by atoms with van der Waals surface area (Å²) in [5.41, 5.74) is -0.619. The number of carbonyl (C=O) groups is 3. The van der Waals surface area contributed by atoms with E-state index in [9.17, 15) is 18.8 Å². The third-order valence-corrected chi connectivity index (χ3v) is 4.39. The summed E-state index contributed by atoms with van der Waals surface area (Å²) in [5.74, 6) is -1.01. The molecule has 1 saturated heterocycles. The average molecular weight is 356 g/mol. The summed E-state index contributed by atoms with van der Waals surface area (Å²) in [5, 5.41) is 2.62. The van der Waals surface area contributed by atoms with Gasteiger partial charge in [-0.2, -0.15) is 0 Å². The Morgan fingerprint density at radius 1 is 1.19 bits per heavy atom. The lowest BCUT2D eigenvalue weighted by Gasteiger charge is -2.22. The first-order valence-electron chi connectivity index (χ1n) is 7.92. The molecule has 1 heterocycles. The van der Waals surface area contributed by atoms with Crippen LogP contribution < -0.4 is 10.1 Å². The Balaban J connectivity index is 1.83. The topological polar surface area (TPSA) is 75.7 Å². The number of nitrogens with zero attached hydrogens (tertiary/aromatic N) is 1. The van der Waals surface area contributed by atoms with Crippen LogP contribution in [0.4, 0.5) is 9.18 Å². The molecule has 0 saturated carbocycles. The molecule has 3 rings (SSSR count). The van der Waals surface area contributed by atoms with Gasteiger partial charge in [-0.05, 0) is 36.8 Å². The molecule has 0 bridgehead atoms. The highest BCUT2D eigenvalue weighted by Gasteiger charge is 2.49. The van der Waals surface area contributed by atoms with Gasteiger partial charge in [0.1, 0.15) is 17.1 Å². The van der Waals surface area contributed by atoms with Crippen LogP contribution >= 0.6 is 0 Å². The molecule has 26 heavy (non-hydrogen) atoms. The van der Waals surface area contributed by atoms with Gasteiger partial charge >= 0.3 is 6.03 Å². The van der Waals surface area contributed by atoms with Crippen LogP contribution in [-0.2, 0) is 10.3 Å². The Morgan fingerprint density at radius 2 is 1.88 bits per heavy atom. The van der Waals surface area contributed by atoms with E-state index in [4.69, 9.17) is 4.74 Å². The van der Waals surface area contributed by atoms with Crippen molar-refractivity contribution in [2.45, 2.75) is 12.5 Å². The van der Waals surface area contributed by atoms with E-state index in [1.54, 1.807) is 31.2 Å². The van der Waals surface area contributed by atoms with E-state index in [1.165, 1.54) is 25.3 Å².